The molecule has 0 saturated carbocycles. The number of H-pyrrole nitrogens is 1. The lowest BCUT2D eigenvalue weighted by Gasteiger charge is -2.09. The SMILES string of the molecule is Cc1ccc2cc(CNC(=O)COc3ccc(Cl)cc3Cl)c(=O)[nH]c2c1. The van der Waals surface area contributed by atoms with Gasteiger partial charge in [-0.25, -0.2) is 0 Å². The van der Waals surface area contributed by atoms with Crippen molar-refractivity contribution in [2.45, 2.75) is 13.5 Å². The Kier molecular flexibility index (Phi) is 5.49. The fourth-order valence-electron chi connectivity index (χ4n) is 2.47. The fourth-order valence-corrected chi connectivity index (χ4v) is 2.93. The van der Waals surface area contributed by atoms with E-state index in [2.05, 4.69) is 10.3 Å². The first-order valence-electron chi connectivity index (χ1n) is 7.89. The molecule has 134 valence electrons. The summed E-state index contributed by atoms with van der Waals surface area (Å²) in [7, 11) is 0. The van der Waals surface area contributed by atoms with Gasteiger partial charge in [-0.1, -0.05) is 35.3 Å². The highest BCUT2D eigenvalue weighted by molar-refractivity contribution is 6.35. The Morgan fingerprint density at radius 2 is 1.96 bits per heavy atom. The van der Waals surface area contributed by atoms with Crippen LogP contribution in [0.1, 0.15) is 11.1 Å². The van der Waals surface area contributed by atoms with Crippen molar-refractivity contribution in [3.8, 4) is 5.75 Å². The lowest BCUT2D eigenvalue weighted by molar-refractivity contribution is -0.123. The van der Waals surface area contributed by atoms with Crippen LogP contribution < -0.4 is 15.6 Å². The standard InChI is InChI=1S/C19H16Cl2N2O3/c1-11-2-3-12-7-13(19(25)23-16(12)6-11)9-22-18(24)10-26-17-5-4-14(20)8-15(17)21/h2-8H,9-10H2,1H3,(H,22,24)(H,23,25). The molecule has 0 aliphatic carbocycles. The van der Waals surface area contributed by atoms with E-state index in [1.807, 2.05) is 25.1 Å². The summed E-state index contributed by atoms with van der Waals surface area (Å²) >= 11 is 11.8. The molecule has 0 radical (unpaired) electrons. The number of hydrogen-bond acceptors (Lipinski definition) is 3. The molecular weight excluding hydrogens is 375 g/mol. The van der Waals surface area contributed by atoms with Crippen molar-refractivity contribution in [3.05, 3.63) is 74.0 Å². The lowest BCUT2D eigenvalue weighted by Crippen LogP contribution is -2.30. The van der Waals surface area contributed by atoms with Crippen LogP contribution in [0, 0.1) is 6.92 Å². The van der Waals surface area contributed by atoms with E-state index in [4.69, 9.17) is 27.9 Å². The number of hydrogen-bond donors (Lipinski definition) is 2. The molecule has 0 aliphatic rings. The topological polar surface area (TPSA) is 71.2 Å². The van der Waals surface area contributed by atoms with Gasteiger partial charge in [-0.3, -0.25) is 9.59 Å². The van der Waals surface area contributed by atoms with Gasteiger partial charge >= 0.3 is 0 Å². The van der Waals surface area contributed by atoms with Gasteiger partial charge in [0.15, 0.2) is 6.61 Å². The van der Waals surface area contributed by atoms with Gasteiger partial charge in [0.1, 0.15) is 5.75 Å². The molecule has 2 aromatic carbocycles. The summed E-state index contributed by atoms with van der Waals surface area (Å²) in [6, 6.07) is 12.3. The zero-order valence-corrected chi connectivity index (χ0v) is 15.4. The van der Waals surface area contributed by atoms with Crippen LogP contribution in [-0.4, -0.2) is 17.5 Å². The Labute approximate surface area is 159 Å². The number of halogens is 2. The minimum Gasteiger partial charge on any atom is -0.482 e. The number of carbonyl (C=O) groups is 1. The van der Waals surface area contributed by atoms with Gasteiger partial charge in [0.05, 0.1) is 5.02 Å². The number of benzene rings is 2. The first-order chi connectivity index (χ1) is 12.4. The summed E-state index contributed by atoms with van der Waals surface area (Å²) in [5, 5.41) is 4.38. The molecular formula is C19H16Cl2N2O3. The monoisotopic (exact) mass is 390 g/mol. The first-order valence-corrected chi connectivity index (χ1v) is 8.65. The van der Waals surface area contributed by atoms with Crippen LogP contribution in [0.25, 0.3) is 10.9 Å². The largest absolute Gasteiger partial charge is 0.482 e. The minimum absolute atomic E-state index is 0.107. The Hall–Kier alpha value is -2.50. The number of ether oxygens (including phenoxy) is 1. The van der Waals surface area contributed by atoms with Crippen LogP contribution in [-0.2, 0) is 11.3 Å². The number of carbonyl (C=O) groups excluding carboxylic acids is 1. The van der Waals surface area contributed by atoms with Crippen LogP contribution in [0.15, 0.2) is 47.3 Å². The zero-order chi connectivity index (χ0) is 18.7. The maximum absolute atomic E-state index is 12.1. The normalized spacial score (nSPS) is 10.7. The number of aromatic nitrogens is 1. The highest BCUT2D eigenvalue weighted by Gasteiger charge is 2.08. The maximum atomic E-state index is 12.1. The number of fused-ring (bicyclic) bond motifs is 1. The van der Waals surface area contributed by atoms with Crippen molar-refractivity contribution in [1.82, 2.24) is 10.3 Å². The van der Waals surface area contributed by atoms with Gasteiger partial charge in [-0.2, -0.15) is 0 Å². The average molecular weight is 391 g/mol. The Balaban J connectivity index is 1.62. The molecule has 1 amide bonds. The summed E-state index contributed by atoms with van der Waals surface area (Å²) in [6.45, 7) is 1.85. The first kappa shape index (κ1) is 18.3. The fraction of sp³-hybridized carbons (Fsp3) is 0.158. The summed E-state index contributed by atoms with van der Waals surface area (Å²) in [6.07, 6.45) is 0. The maximum Gasteiger partial charge on any atom is 0.258 e. The van der Waals surface area contributed by atoms with E-state index >= 15 is 0 Å². The van der Waals surface area contributed by atoms with Gasteiger partial charge in [0.2, 0.25) is 0 Å². The smallest absolute Gasteiger partial charge is 0.258 e. The number of aryl methyl sites for hydroxylation is 1. The van der Waals surface area contributed by atoms with Crippen molar-refractivity contribution in [2.75, 3.05) is 6.61 Å². The Bertz CT molecular complexity index is 1030. The molecule has 7 heteroatoms. The molecule has 0 saturated heterocycles. The third-order valence-electron chi connectivity index (χ3n) is 3.81. The molecule has 3 rings (SSSR count). The van der Waals surface area contributed by atoms with Crippen LogP contribution in [0.4, 0.5) is 0 Å². The predicted octanol–water partition coefficient (Wildman–Crippen LogP) is 3.84. The number of aromatic amines is 1. The van der Waals surface area contributed by atoms with Crippen LogP contribution in [0.5, 0.6) is 5.75 Å². The second kappa shape index (κ2) is 7.81. The van der Waals surface area contributed by atoms with Gasteiger partial charge in [0.25, 0.3) is 11.5 Å². The zero-order valence-electron chi connectivity index (χ0n) is 13.9. The summed E-state index contributed by atoms with van der Waals surface area (Å²) in [4.78, 5) is 26.9. The van der Waals surface area contributed by atoms with E-state index in [-0.39, 0.29) is 24.6 Å². The van der Waals surface area contributed by atoms with E-state index in [1.165, 1.54) is 6.07 Å². The number of amides is 1. The van der Waals surface area contributed by atoms with Gasteiger partial charge < -0.3 is 15.0 Å². The molecule has 1 heterocycles. The Morgan fingerprint density at radius 3 is 2.73 bits per heavy atom. The van der Waals surface area contributed by atoms with Crippen molar-refractivity contribution >= 4 is 40.0 Å². The number of rotatable bonds is 5. The Morgan fingerprint density at radius 1 is 1.15 bits per heavy atom. The molecule has 1 aromatic heterocycles. The number of pyridine rings is 1. The van der Waals surface area contributed by atoms with E-state index in [9.17, 15) is 9.59 Å². The second-order valence-corrected chi connectivity index (χ2v) is 6.70. The van der Waals surface area contributed by atoms with E-state index in [0.29, 0.717) is 21.4 Å². The predicted molar refractivity (Wildman–Crippen MR) is 103 cm³/mol. The summed E-state index contributed by atoms with van der Waals surface area (Å²) in [5.41, 5.74) is 2.07. The van der Waals surface area contributed by atoms with Crippen LogP contribution in [0.3, 0.4) is 0 Å². The molecule has 0 spiro atoms. The van der Waals surface area contributed by atoms with Gasteiger partial charge in [-0.05, 0) is 48.2 Å². The molecule has 26 heavy (non-hydrogen) atoms. The van der Waals surface area contributed by atoms with Crippen molar-refractivity contribution in [2.24, 2.45) is 0 Å². The third-order valence-corrected chi connectivity index (χ3v) is 4.34. The van der Waals surface area contributed by atoms with Gasteiger partial charge in [-0.15, -0.1) is 0 Å². The van der Waals surface area contributed by atoms with Crippen LogP contribution in [0.2, 0.25) is 10.0 Å². The van der Waals surface area contributed by atoms with E-state index in [0.717, 1.165) is 16.5 Å². The highest BCUT2D eigenvalue weighted by Crippen LogP contribution is 2.27. The molecule has 0 atom stereocenters. The lowest BCUT2D eigenvalue weighted by atomic mass is 10.1. The van der Waals surface area contributed by atoms with E-state index in [1.54, 1.807) is 18.2 Å². The number of nitrogens with one attached hydrogen (secondary N) is 2. The minimum atomic E-state index is -0.362. The molecule has 0 fully saturated rings. The third kappa shape index (κ3) is 4.36. The molecule has 0 bridgehead atoms. The average Bonchev–Trinajstić information content (AvgIpc) is 2.59. The molecule has 0 unspecified atom stereocenters. The van der Waals surface area contributed by atoms with Crippen molar-refractivity contribution in [1.29, 1.82) is 0 Å². The van der Waals surface area contributed by atoms with Crippen LogP contribution >= 0.6 is 23.2 Å². The van der Waals surface area contributed by atoms with Crippen molar-refractivity contribution < 1.29 is 9.53 Å². The van der Waals surface area contributed by atoms with Crippen molar-refractivity contribution in [3.63, 3.8) is 0 Å². The van der Waals surface area contributed by atoms with E-state index < -0.39 is 0 Å². The highest BCUT2D eigenvalue weighted by atomic mass is 35.5. The van der Waals surface area contributed by atoms with Gasteiger partial charge in [0, 0.05) is 22.6 Å². The molecule has 3 aromatic rings. The molecule has 5 nitrogen and oxygen atoms in total. The summed E-state index contributed by atoms with van der Waals surface area (Å²) in [5.74, 6) is 0.00422. The molecule has 2 N–H and O–H groups in total. The second-order valence-electron chi connectivity index (χ2n) is 5.85. The quantitative estimate of drug-likeness (QED) is 0.694. The summed E-state index contributed by atoms with van der Waals surface area (Å²) < 4.78 is 5.37. The molecule has 0 aliphatic heterocycles.